The monoisotopic (exact) mass is 221 g/mol. The molecule has 0 atom stereocenters. The summed E-state index contributed by atoms with van der Waals surface area (Å²) in [6.07, 6.45) is 0. The van der Waals surface area contributed by atoms with E-state index in [4.69, 9.17) is 4.74 Å². The van der Waals surface area contributed by atoms with Crippen molar-refractivity contribution in [3.63, 3.8) is 0 Å². The van der Waals surface area contributed by atoms with E-state index in [1.165, 1.54) is 13.8 Å². The van der Waals surface area contributed by atoms with E-state index in [1.807, 2.05) is 0 Å². The molecule has 1 rings (SSSR count). The Kier molecular flexibility index (Phi) is 4.05. The highest BCUT2D eigenvalue weighted by molar-refractivity contribution is 5.94. The lowest BCUT2D eigenvalue weighted by Gasteiger charge is -2.10. The summed E-state index contributed by atoms with van der Waals surface area (Å²) in [5.74, 6) is 0.542. The molecule has 1 amide bonds. The van der Waals surface area contributed by atoms with Gasteiger partial charge >= 0.3 is 0 Å². The first-order chi connectivity index (χ1) is 7.54. The second-order valence-electron chi connectivity index (χ2n) is 3.49. The highest BCUT2D eigenvalue weighted by Gasteiger charge is 2.07. The molecule has 16 heavy (non-hydrogen) atoms. The standard InChI is InChI=1S/C12H15NO3/c1-8(14)10-4-5-12(16-3)11(6-10)7-13-9(2)15/h4-6H,7H2,1-3H3,(H,13,15). The maximum Gasteiger partial charge on any atom is 0.217 e. The fourth-order valence-corrected chi connectivity index (χ4v) is 1.36. The van der Waals surface area contributed by atoms with E-state index in [9.17, 15) is 9.59 Å². The first kappa shape index (κ1) is 12.2. The van der Waals surface area contributed by atoms with Crippen molar-refractivity contribution in [2.45, 2.75) is 20.4 Å². The van der Waals surface area contributed by atoms with Crippen LogP contribution in [-0.2, 0) is 11.3 Å². The number of methoxy groups -OCH3 is 1. The maximum atomic E-state index is 11.2. The Morgan fingerprint density at radius 2 is 2.00 bits per heavy atom. The third-order valence-electron chi connectivity index (χ3n) is 2.21. The molecule has 0 aliphatic rings. The van der Waals surface area contributed by atoms with Crippen LogP contribution in [0, 0.1) is 0 Å². The molecule has 0 aliphatic heterocycles. The van der Waals surface area contributed by atoms with Crippen molar-refractivity contribution in [2.24, 2.45) is 0 Å². The lowest BCUT2D eigenvalue weighted by atomic mass is 10.1. The summed E-state index contributed by atoms with van der Waals surface area (Å²) in [5, 5.41) is 2.67. The number of carbonyl (C=O) groups is 2. The summed E-state index contributed by atoms with van der Waals surface area (Å²) in [7, 11) is 1.56. The fraction of sp³-hybridized carbons (Fsp3) is 0.333. The molecule has 0 radical (unpaired) electrons. The number of benzene rings is 1. The van der Waals surface area contributed by atoms with Gasteiger partial charge in [0.25, 0.3) is 0 Å². The highest BCUT2D eigenvalue weighted by Crippen LogP contribution is 2.19. The normalized spacial score (nSPS) is 9.69. The molecule has 0 spiro atoms. The van der Waals surface area contributed by atoms with Crippen molar-refractivity contribution in [3.05, 3.63) is 29.3 Å². The third kappa shape index (κ3) is 3.08. The lowest BCUT2D eigenvalue weighted by molar-refractivity contribution is -0.119. The number of hydrogen-bond donors (Lipinski definition) is 1. The van der Waals surface area contributed by atoms with Crippen molar-refractivity contribution >= 4 is 11.7 Å². The topological polar surface area (TPSA) is 55.4 Å². The molecule has 0 fully saturated rings. The van der Waals surface area contributed by atoms with Crippen LogP contribution in [0.4, 0.5) is 0 Å². The number of carbonyl (C=O) groups excluding carboxylic acids is 2. The Morgan fingerprint density at radius 3 is 2.50 bits per heavy atom. The molecule has 4 nitrogen and oxygen atoms in total. The first-order valence-electron chi connectivity index (χ1n) is 4.97. The number of ketones is 1. The zero-order chi connectivity index (χ0) is 12.1. The number of amides is 1. The van der Waals surface area contributed by atoms with E-state index in [-0.39, 0.29) is 11.7 Å². The van der Waals surface area contributed by atoms with E-state index in [0.717, 1.165) is 5.56 Å². The van der Waals surface area contributed by atoms with Crippen molar-refractivity contribution in [2.75, 3.05) is 7.11 Å². The van der Waals surface area contributed by atoms with Gasteiger partial charge < -0.3 is 10.1 Å². The number of nitrogens with one attached hydrogen (secondary N) is 1. The van der Waals surface area contributed by atoms with Gasteiger partial charge in [-0.15, -0.1) is 0 Å². The largest absolute Gasteiger partial charge is 0.496 e. The molecular formula is C12H15NO3. The summed E-state index contributed by atoms with van der Waals surface area (Å²) in [6, 6.07) is 5.17. The second-order valence-corrected chi connectivity index (χ2v) is 3.49. The minimum absolute atomic E-state index is 0.00766. The molecular weight excluding hydrogens is 206 g/mol. The van der Waals surface area contributed by atoms with Gasteiger partial charge in [-0.25, -0.2) is 0 Å². The highest BCUT2D eigenvalue weighted by atomic mass is 16.5. The molecule has 0 bridgehead atoms. The van der Waals surface area contributed by atoms with E-state index in [0.29, 0.717) is 17.9 Å². The van der Waals surface area contributed by atoms with Crippen molar-refractivity contribution in [1.82, 2.24) is 5.32 Å². The summed E-state index contributed by atoms with van der Waals surface area (Å²) in [5.41, 5.74) is 1.41. The van der Waals surface area contributed by atoms with Gasteiger partial charge in [0.15, 0.2) is 5.78 Å². The van der Waals surface area contributed by atoms with Gasteiger partial charge in [-0.2, -0.15) is 0 Å². The van der Waals surface area contributed by atoms with Gasteiger partial charge in [0.1, 0.15) is 5.75 Å². The fourth-order valence-electron chi connectivity index (χ4n) is 1.36. The van der Waals surface area contributed by atoms with Crippen molar-refractivity contribution in [3.8, 4) is 5.75 Å². The number of hydrogen-bond acceptors (Lipinski definition) is 3. The lowest BCUT2D eigenvalue weighted by Crippen LogP contribution is -2.19. The molecule has 1 aromatic rings. The van der Waals surface area contributed by atoms with Crippen LogP contribution in [0.5, 0.6) is 5.75 Å². The van der Waals surface area contributed by atoms with Gasteiger partial charge in [0.2, 0.25) is 5.91 Å². The Hall–Kier alpha value is -1.84. The summed E-state index contributed by atoms with van der Waals surface area (Å²) < 4.78 is 5.15. The van der Waals surface area contributed by atoms with Gasteiger partial charge in [-0.05, 0) is 25.1 Å². The Morgan fingerprint density at radius 1 is 1.31 bits per heavy atom. The number of Topliss-reactive ketones (excluding diaryl/α,β-unsaturated/α-hetero) is 1. The molecule has 0 aliphatic carbocycles. The summed E-state index contributed by atoms with van der Waals surface area (Å²) in [4.78, 5) is 22.0. The van der Waals surface area contributed by atoms with Crippen LogP contribution in [-0.4, -0.2) is 18.8 Å². The third-order valence-corrected chi connectivity index (χ3v) is 2.21. The second kappa shape index (κ2) is 5.30. The van der Waals surface area contributed by atoms with Crippen LogP contribution >= 0.6 is 0 Å². The van der Waals surface area contributed by atoms with Crippen molar-refractivity contribution in [1.29, 1.82) is 0 Å². The number of ether oxygens (including phenoxy) is 1. The van der Waals surface area contributed by atoms with Gasteiger partial charge in [0, 0.05) is 24.6 Å². The Bertz CT molecular complexity index is 413. The van der Waals surface area contributed by atoms with E-state index in [2.05, 4.69) is 5.32 Å². The van der Waals surface area contributed by atoms with Crippen LogP contribution in [0.15, 0.2) is 18.2 Å². The zero-order valence-corrected chi connectivity index (χ0v) is 9.66. The Labute approximate surface area is 94.6 Å². The van der Waals surface area contributed by atoms with Crippen LogP contribution in [0.1, 0.15) is 29.8 Å². The average molecular weight is 221 g/mol. The van der Waals surface area contributed by atoms with Crippen LogP contribution in [0.3, 0.4) is 0 Å². The van der Waals surface area contributed by atoms with E-state index < -0.39 is 0 Å². The van der Waals surface area contributed by atoms with Gasteiger partial charge in [-0.1, -0.05) is 0 Å². The molecule has 0 heterocycles. The molecule has 4 heteroatoms. The average Bonchev–Trinajstić information content (AvgIpc) is 2.25. The van der Waals surface area contributed by atoms with E-state index >= 15 is 0 Å². The predicted octanol–water partition coefficient (Wildman–Crippen LogP) is 1.53. The zero-order valence-electron chi connectivity index (χ0n) is 9.66. The molecule has 0 saturated carbocycles. The van der Waals surface area contributed by atoms with Crippen molar-refractivity contribution < 1.29 is 14.3 Å². The van der Waals surface area contributed by atoms with Crippen LogP contribution in [0.25, 0.3) is 0 Å². The van der Waals surface area contributed by atoms with Gasteiger partial charge in [-0.3, -0.25) is 9.59 Å². The molecule has 0 aromatic heterocycles. The summed E-state index contributed by atoms with van der Waals surface area (Å²) >= 11 is 0. The predicted molar refractivity (Wildman–Crippen MR) is 60.5 cm³/mol. The maximum absolute atomic E-state index is 11.2. The minimum atomic E-state index is -0.115. The van der Waals surface area contributed by atoms with Gasteiger partial charge in [0.05, 0.1) is 7.11 Å². The molecule has 0 unspecified atom stereocenters. The molecule has 86 valence electrons. The minimum Gasteiger partial charge on any atom is -0.496 e. The molecule has 1 N–H and O–H groups in total. The molecule has 0 saturated heterocycles. The van der Waals surface area contributed by atoms with Crippen LogP contribution < -0.4 is 10.1 Å². The quantitative estimate of drug-likeness (QED) is 0.784. The van der Waals surface area contributed by atoms with Crippen LogP contribution in [0.2, 0.25) is 0 Å². The summed E-state index contributed by atoms with van der Waals surface area (Å²) in [6.45, 7) is 3.31. The molecule has 1 aromatic carbocycles. The SMILES string of the molecule is COc1ccc(C(C)=O)cc1CNC(C)=O. The number of rotatable bonds is 4. The van der Waals surface area contributed by atoms with E-state index in [1.54, 1.807) is 25.3 Å². The Balaban J connectivity index is 2.97. The first-order valence-corrected chi connectivity index (χ1v) is 4.97. The smallest absolute Gasteiger partial charge is 0.217 e.